The van der Waals surface area contributed by atoms with E-state index in [9.17, 15) is 20.0 Å². The highest BCUT2D eigenvalue weighted by Crippen LogP contribution is 2.53. The van der Waals surface area contributed by atoms with Crippen LogP contribution in [0.5, 0.6) is 0 Å². The molecule has 1 aliphatic heterocycles. The molecule has 1 saturated carbocycles. The average molecular weight is 285 g/mol. The predicted octanol–water partition coefficient (Wildman–Crippen LogP) is 1.69. The Labute approximate surface area is 120 Å². The third-order valence-electron chi connectivity index (χ3n) is 4.80. The summed E-state index contributed by atoms with van der Waals surface area (Å²) in [6, 6.07) is 6.08. The summed E-state index contributed by atoms with van der Waals surface area (Å²) in [5.41, 5.74) is 0.0540. The first-order chi connectivity index (χ1) is 10.1. The number of rotatable bonds is 2. The van der Waals surface area contributed by atoms with Crippen LogP contribution in [0.15, 0.2) is 36.4 Å². The maximum Gasteiger partial charge on any atom is 0.238 e. The van der Waals surface area contributed by atoms with Crippen molar-refractivity contribution < 1.29 is 14.8 Å². The smallest absolute Gasteiger partial charge is 0.238 e. The fourth-order valence-corrected chi connectivity index (χ4v) is 3.95. The molecule has 3 aliphatic rings. The third-order valence-corrected chi connectivity index (χ3v) is 4.80. The van der Waals surface area contributed by atoms with E-state index in [1.807, 2.05) is 12.2 Å². The summed E-state index contributed by atoms with van der Waals surface area (Å²) in [4.78, 5) is 26.3. The van der Waals surface area contributed by atoms with Crippen LogP contribution < -0.4 is 10.1 Å². The number of para-hydroxylation sites is 2. The minimum Gasteiger partial charge on any atom is -0.733 e. The number of imide groups is 1. The summed E-state index contributed by atoms with van der Waals surface area (Å²) in [5.74, 6) is -0.941. The van der Waals surface area contributed by atoms with Gasteiger partial charge in [0.25, 0.3) is 0 Å². The molecule has 0 aromatic heterocycles. The number of amides is 2. The zero-order chi connectivity index (χ0) is 14.7. The summed E-state index contributed by atoms with van der Waals surface area (Å²) >= 11 is 0. The van der Waals surface area contributed by atoms with Crippen molar-refractivity contribution >= 4 is 23.2 Å². The fourth-order valence-electron chi connectivity index (χ4n) is 3.95. The van der Waals surface area contributed by atoms with Gasteiger partial charge in [-0.3, -0.25) is 14.8 Å². The van der Waals surface area contributed by atoms with E-state index in [-0.39, 0.29) is 52.1 Å². The predicted molar refractivity (Wildman–Crippen MR) is 74.3 cm³/mol. The molecule has 1 heterocycles. The SMILES string of the molecule is O=C1[C@H]2[C@H](C(=O)N1c1ccccc1N([O-])O)[C@@H]1C=C[C@@H]2C1. The number of allylic oxidation sites excluding steroid dienone is 2. The van der Waals surface area contributed by atoms with Crippen molar-refractivity contribution in [3.05, 3.63) is 41.6 Å². The Morgan fingerprint density at radius 2 is 1.67 bits per heavy atom. The van der Waals surface area contributed by atoms with Crippen LogP contribution in [0.2, 0.25) is 0 Å². The average Bonchev–Trinajstić information content (AvgIpc) is 3.13. The second-order valence-corrected chi connectivity index (χ2v) is 5.77. The molecule has 108 valence electrons. The van der Waals surface area contributed by atoms with Crippen LogP contribution in [-0.4, -0.2) is 17.0 Å². The largest absolute Gasteiger partial charge is 0.733 e. The Kier molecular flexibility index (Phi) is 2.49. The quantitative estimate of drug-likeness (QED) is 0.508. The second-order valence-electron chi connectivity index (χ2n) is 5.77. The van der Waals surface area contributed by atoms with Crippen molar-refractivity contribution in [3.63, 3.8) is 0 Å². The molecule has 1 saturated heterocycles. The van der Waals surface area contributed by atoms with E-state index < -0.39 is 0 Å². The number of hydrogen-bond acceptors (Lipinski definition) is 5. The molecule has 0 radical (unpaired) electrons. The third kappa shape index (κ3) is 1.54. The lowest BCUT2D eigenvalue weighted by atomic mass is 9.85. The van der Waals surface area contributed by atoms with Crippen LogP contribution in [-0.2, 0) is 9.59 Å². The molecule has 4 atom stereocenters. The molecule has 0 spiro atoms. The topological polar surface area (TPSA) is 83.9 Å². The maximum absolute atomic E-state index is 12.6. The Bertz CT molecular complexity index is 639. The van der Waals surface area contributed by atoms with Gasteiger partial charge >= 0.3 is 0 Å². The van der Waals surface area contributed by atoms with Crippen molar-refractivity contribution in [1.82, 2.24) is 0 Å². The zero-order valence-electron chi connectivity index (χ0n) is 11.0. The maximum atomic E-state index is 12.6. The summed E-state index contributed by atoms with van der Waals surface area (Å²) in [7, 11) is 0. The van der Waals surface area contributed by atoms with Gasteiger partial charge in [0.05, 0.1) is 23.2 Å². The standard InChI is InChI=1S/C15H13N2O4/c18-14-12-8-5-6-9(7-8)13(12)15(19)16(14)10-3-1-2-4-11(10)17(20)21/h1-6,8-9,12-13,20H,7H2/q-1/t8-,9-,12-,13-/m1/s1. The highest BCUT2D eigenvalue weighted by molar-refractivity contribution is 6.24. The summed E-state index contributed by atoms with van der Waals surface area (Å²) in [6.07, 6.45) is 4.88. The van der Waals surface area contributed by atoms with Crippen LogP contribution in [0.4, 0.5) is 11.4 Å². The van der Waals surface area contributed by atoms with Gasteiger partial charge in [0.1, 0.15) is 0 Å². The van der Waals surface area contributed by atoms with Crippen LogP contribution in [0.25, 0.3) is 0 Å². The molecule has 6 nitrogen and oxygen atoms in total. The van der Waals surface area contributed by atoms with Gasteiger partial charge in [0, 0.05) is 0 Å². The number of carbonyl (C=O) groups is 2. The second kappa shape index (κ2) is 4.16. The van der Waals surface area contributed by atoms with E-state index in [0.717, 1.165) is 11.3 Å². The van der Waals surface area contributed by atoms with Gasteiger partial charge in [-0.05, 0) is 30.4 Å². The van der Waals surface area contributed by atoms with E-state index in [4.69, 9.17) is 0 Å². The van der Waals surface area contributed by atoms with Gasteiger partial charge in [-0.25, -0.2) is 4.90 Å². The molecule has 2 fully saturated rings. The number of fused-ring (bicyclic) bond motifs is 5. The highest BCUT2D eigenvalue weighted by Gasteiger charge is 2.59. The van der Waals surface area contributed by atoms with Crippen LogP contribution >= 0.6 is 0 Å². The lowest BCUT2D eigenvalue weighted by Crippen LogP contribution is -2.34. The highest BCUT2D eigenvalue weighted by atomic mass is 16.8. The van der Waals surface area contributed by atoms with Gasteiger partial charge in [0.15, 0.2) is 0 Å². The van der Waals surface area contributed by atoms with E-state index in [1.165, 1.54) is 12.1 Å². The van der Waals surface area contributed by atoms with E-state index in [0.29, 0.717) is 0 Å². The summed E-state index contributed by atoms with van der Waals surface area (Å²) < 4.78 is 0. The monoisotopic (exact) mass is 285 g/mol. The molecule has 4 rings (SSSR count). The van der Waals surface area contributed by atoms with E-state index in [2.05, 4.69) is 0 Å². The van der Waals surface area contributed by atoms with Crippen molar-refractivity contribution in [2.24, 2.45) is 23.7 Å². The molecule has 6 heteroatoms. The Morgan fingerprint density at radius 1 is 1.10 bits per heavy atom. The molecule has 2 bridgehead atoms. The minimum atomic E-state index is -0.320. The normalized spacial score (nSPS) is 33.0. The van der Waals surface area contributed by atoms with E-state index in [1.54, 1.807) is 12.1 Å². The molecule has 21 heavy (non-hydrogen) atoms. The number of carbonyl (C=O) groups excluding carboxylic acids is 2. The van der Waals surface area contributed by atoms with Gasteiger partial charge in [-0.2, -0.15) is 0 Å². The molecule has 2 aliphatic carbocycles. The number of nitrogens with zero attached hydrogens (tertiary/aromatic N) is 2. The van der Waals surface area contributed by atoms with Crippen molar-refractivity contribution in [1.29, 1.82) is 0 Å². The molecular formula is C15H13N2O4-. The van der Waals surface area contributed by atoms with Crippen LogP contribution in [0.1, 0.15) is 6.42 Å². The molecule has 1 aromatic rings. The molecular weight excluding hydrogens is 272 g/mol. The molecule has 1 N–H and O–H groups in total. The molecule has 0 unspecified atom stereocenters. The number of benzene rings is 1. The first kappa shape index (κ1) is 12.6. The Morgan fingerprint density at radius 3 is 2.24 bits per heavy atom. The van der Waals surface area contributed by atoms with Gasteiger partial charge in [0.2, 0.25) is 11.8 Å². The van der Waals surface area contributed by atoms with Crippen molar-refractivity contribution in [3.8, 4) is 0 Å². The lowest BCUT2D eigenvalue weighted by molar-refractivity contribution is -0.123. The van der Waals surface area contributed by atoms with E-state index >= 15 is 0 Å². The van der Waals surface area contributed by atoms with Crippen LogP contribution in [0.3, 0.4) is 0 Å². The number of anilines is 2. The number of hydrogen-bond donors (Lipinski definition) is 1. The summed E-state index contributed by atoms with van der Waals surface area (Å²) in [5, 5.41) is 20.1. The molecule has 2 amide bonds. The molecule has 1 aromatic carbocycles. The van der Waals surface area contributed by atoms with Gasteiger partial charge < -0.3 is 10.4 Å². The summed E-state index contributed by atoms with van der Waals surface area (Å²) in [6.45, 7) is 0. The van der Waals surface area contributed by atoms with Crippen molar-refractivity contribution in [2.45, 2.75) is 6.42 Å². The van der Waals surface area contributed by atoms with Crippen molar-refractivity contribution in [2.75, 3.05) is 10.1 Å². The first-order valence-corrected chi connectivity index (χ1v) is 6.91. The Balaban J connectivity index is 1.78. The lowest BCUT2D eigenvalue weighted by Gasteiger charge is -2.28. The van der Waals surface area contributed by atoms with Crippen LogP contribution in [0, 0.1) is 28.9 Å². The Hall–Kier alpha value is -2.18. The van der Waals surface area contributed by atoms with Gasteiger partial charge in [-0.1, -0.05) is 24.3 Å². The van der Waals surface area contributed by atoms with Gasteiger partial charge in [-0.15, -0.1) is 0 Å². The fraction of sp³-hybridized carbons (Fsp3) is 0.333. The first-order valence-electron chi connectivity index (χ1n) is 6.91. The minimum absolute atomic E-state index is 0.0977. The zero-order valence-corrected chi connectivity index (χ0v) is 11.0.